The van der Waals surface area contributed by atoms with Crippen molar-refractivity contribution in [2.45, 2.75) is 32.2 Å². The maximum atomic E-state index is 13.8. The molecule has 1 amide bonds. The highest BCUT2D eigenvalue weighted by Gasteiger charge is 2.40. The Bertz CT molecular complexity index is 1540. The smallest absolute Gasteiger partial charge is 0.280 e. The van der Waals surface area contributed by atoms with Gasteiger partial charge in [0.05, 0.1) is 12.8 Å². The fourth-order valence-electron chi connectivity index (χ4n) is 4.49. The number of hydrogen-bond acceptors (Lipinski definition) is 7. The number of ether oxygens (including phenoxy) is 1. The number of likely N-dealkylation sites (N-methyl/N-ethyl adjacent to an activating group) is 1. The third kappa shape index (κ3) is 3.75. The number of para-hydroxylation sites is 1. The van der Waals surface area contributed by atoms with Crippen LogP contribution in [0.4, 0.5) is 11.4 Å². The average molecular weight is 539 g/mol. The first-order valence-electron chi connectivity index (χ1n) is 11.8. The number of anilines is 2. The van der Waals surface area contributed by atoms with E-state index in [0.29, 0.717) is 39.6 Å². The zero-order chi connectivity index (χ0) is 25.6. The zero-order valence-electron chi connectivity index (χ0n) is 20.5. The summed E-state index contributed by atoms with van der Waals surface area (Å²) in [5.74, 6) is 0.580. The molecule has 5 rings (SSSR count). The lowest BCUT2D eigenvalue weighted by atomic mass is 10.2. The maximum absolute atomic E-state index is 13.8. The van der Waals surface area contributed by atoms with Gasteiger partial charge in [-0.25, -0.2) is 0 Å². The van der Waals surface area contributed by atoms with Crippen LogP contribution < -0.4 is 29.3 Å². The number of thiazole rings is 1. The largest absolute Gasteiger partial charge is 0.497 e. The van der Waals surface area contributed by atoms with Crippen LogP contribution in [0, 0.1) is 0 Å². The predicted octanol–water partition coefficient (Wildman–Crippen LogP) is 3.40. The molecule has 2 aliphatic rings. The first-order chi connectivity index (χ1) is 17.4. The van der Waals surface area contributed by atoms with Crippen LogP contribution in [0.2, 0.25) is 0 Å². The highest BCUT2D eigenvalue weighted by atomic mass is 32.2. The molecule has 1 saturated heterocycles. The van der Waals surface area contributed by atoms with Crippen LogP contribution in [0.15, 0.2) is 58.2 Å². The lowest BCUT2D eigenvalue weighted by molar-refractivity contribution is -0.120. The first-order valence-corrected chi connectivity index (χ1v) is 13.8. The third-order valence-corrected chi connectivity index (χ3v) is 9.14. The molecule has 0 atom stereocenters. The number of nitrogens with zero attached hydrogens (tertiary/aromatic N) is 4. The van der Waals surface area contributed by atoms with Gasteiger partial charge in [0.15, 0.2) is 5.11 Å². The third-order valence-electron chi connectivity index (χ3n) is 6.25. The molecule has 186 valence electrons. The van der Waals surface area contributed by atoms with Crippen molar-refractivity contribution in [3.63, 3.8) is 0 Å². The van der Waals surface area contributed by atoms with E-state index in [1.807, 2.05) is 62.4 Å². The number of thioether (sulfide) groups is 1. The topological polar surface area (TPSA) is 58.0 Å². The summed E-state index contributed by atoms with van der Waals surface area (Å²) in [5.41, 5.74) is 2.13. The Morgan fingerprint density at radius 3 is 2.31 bits per heavy atom. The molecule has 2 aromatic carbocycles. The highest BCUT2D eigenvalue weighted by molar-refractivity contribution is 8.08. The maximum Gasteiger partial charge on any atom is 0.280 e. The summed E-state index contributed by atoms with van der Waals surface area (Å²) < 4.78 is 8.35. The SMILES string of the molecule is CCN1C(=O)/C(=c2/s/c(=C3\Sc4ccc(OC)cc4N3CC)c(=O)n2CC)N(c2ccccc2)C1=S. The number of methoxy groups -OCH3 is 1. The van der Waals surface area contributed by atoms with Crippen LogP contribution in [-0.4, -0.2) is 40.7 Å². The highest BCUT2D eigenvalue weighted by Crippen LogP contribution is 2.47. The van der Waals surface area contributed by atoms with Gasteiger partial charge < -0.3 is 9.64 Å². The second-order valence-corrected chi connectivity index (χ2v) is 10.5. The lowest BCUT2D eigenvalue weighted by Crippen LogP contribution is -2.36. The van der Waals surface area contributed by atoms with Crippen molar-refractivity contribution < 1.29 is 9.53 Å². The van der Waals surface area contributed by atoms with Crippen molar-refractivity contribution >= 4 is 68.4 Å². The fourth-order valence-corrected chi connectivity index (χ4v) is 7.47. The molecule has 2 aliphatic heterocycles. The molecule has 1 fully saturated rings. The van der Waals surface area contributed by atoms with Gasteiger partial charge in [0.25, 0.3) is 11.5 Å². The molecular weight excluding hydrogens is 513 g/mol. The molecule has 0 N–H and O–H groups in total. The monoisotopic (exact) mass is 538 g/mol. The molecule has 3 aromatic rings. The van der Waals surface area contributed by atoms with Crippen LogP contribution >= 0.6 is 35.3 Å². The van der Waals surface area contributed by atoms with Crippen LogP contribution in [0.3, 0.4) is 0 Å². The second kappa shape index (κ2) is 9.76. The summed E-state index contributed by atoms with van der Waals surface area (Å²) in [7, 11) is 1.65. The van der Waals surface area contributed by atoms with Crippen molar-refractivity contribution in [2.75, 3.05) is 30.0 Å². The van der Waals surface area contributed by atoms with Crippen molar-refractivity contribution in [3.8, 4) is 5.75 Å². The van der Waals surface area contributed by atoms with Gasteiger partial charge in [-0.1, -0.05) is 30.0 Å². The molecule has 3 heterocycles. The molecule has 7 nitrogen and oxygen atoms in total. The Kier molecular flexibility index (Phi) is 6.67. The van der Waals surface area contributed by atoms with Gasteiger partial charge in [0.1, 0.15) is 25.7 Å². The van der Waals surface area contributed by atoms with E-state index in [9.17, 15) is 9.59 Å². The molecule has 0 unspecified atom stereocenters. The summed E-state index contributed by atoms with van der Waals surface area (Å²) in [6.07, 6.45) is 0. The van der Waals surface area contributed by atoms with E-state index in [2.05, 4.69) is 11.8 Å². The zero-order valence-corrected chi connectivity index (χ0v) is 22.9. The summed E-state index contributed by atoms with van der Waals surface area (Å²) in [6, 6.07) is 15.5. The van der Waals surface area contributed by atoms with E-state index >= 15 is 0 Å². The van der Waals surface area contributed by atoms with Crippen LogP contribution in [0.25, 0.3) is 10.7 Å². The Labute approximate surface area is 222 Å². The second-order valence-electron chi connectivity index (χ2n) is 8.12. The van der Waals surface area contributed by atoms with Crippen molar-refractivity contribution in [3.05, 3.63) is 68.1 Å². The number of benzene rings is 2. The first kappa shape index (κ1) is 24.6. The van der Waals surface area contributed by atoms with Gasteiger partial charge in [-0.3, -0.25) is 24.0 Å². The van der Waals surface area contributed by atoms with E-state index in [1.54, 1.807) is 33.2 Å². The van der Waals surface area contributed by atoms with E-state index in [0.717, 1.165) is 27.0 Å². The Morgan fingerprint density at radius 2 is 1.67 bits per heavy atom. The Hall–Kier alpha value is -3.08. The van der Waals surface area contributed by atoms with Crippen molar-refractivity contribution in [1.29, 1.82) is 0 Å². The minimum Gasteiger partial charge on any atom is -0.497 e. The number of carbonyl (C=O) groups is 1. The number of carbonyl (C=O) groups excluding carboxylic acids is 1. The number of hydrogen-bond donors (Lipinski definition) is 0. The standard InChI is InChI=1S/C26H26N4O3S3/c1-5-27-18-15-17(33-4)13-14-19(18)35-25(27)21-23(32)28(6-2)24(36-21)20-22(31)29(7-3)26(34)30(20)16-11-9-8-10-12-16/h8-15H,5-7H2,1-4H3/b24-20-,25-21-. The molecule has 0 radical (unpaired) electrons. The lowest BCUT2D eigenvalue weighted by Gasteiger charge is -2.19. The van der Waals surface area contributed by atoms with Gasteiger partial charge in [-0.15, -0.1) is 11.3 Å². The summed E-state index contributed by atoms with van der Waals surface area (Å²) in [5, 5.41) is 1.29. The Morgan fingerprint density at radius 1 is 0.944 bits per heavy atom. The summed E-state index contributed by atoms with van der Waals surface area (Å²) in [6.45, 7) is 7.47. The van der Waals surface area contributed by atoms with E-state index in [4.69, 9.17) is 17.0 Å². The van der Waals surface area contributed by atoms with Crippen LogP contribution in [0.5, 0.6) is 5.75 Å². The minimum absolute atomic E-state index is 0.104. The van der Waals surface area contributed by atoms with Gasteiger partial charge in [0, 0.05) is 36.3 Å². The molecule has 36 heavy (non-hydrogen) atoms. The van der Waals surface area contributed by atoms with Gasteiger partial charge >= 0.3 is 0 Å². The van der Waals surface area contributed by atoms with Gasteiger partial charge in [-0.05, 0) is 57.3 Å². The number of amides is 1. The number of rotatable bonds is 5. The van der Waals surface area contributed by atoms with Crippen LogP contribution in [0.1, 0.15) is 20.8 Å². The molecular formula is C26H26N4O3S3. The molecule has 10 heteroatoms. The quantitative estimate of drug-likeness (QED) is 0.462. The predicted molar refractivity (Wildman–Crippen MR) is 151 cm³/mol. The molecule has 0 saturated carbocycles. The molecule has 1 aromatic heterocycles. The minimum atomic E-state index is -0.189. The van der Waals surface area contributed by atoms with E-state index < -0.39 is 0 Å². The number of aromatic nitrogens is 1. The Balaban J connectivity index is 1.81. The fraction of sp³-hybridized carbons (Fsp3) is 0.269. The number of thiocarbonyl (C=S) groups is 1. The summed E-state index contributed by atoms with van der Waals surface area (Å²) >= 11 is 8.66. The molecule has 0 spiro atoms. The van der Waals surface area contributed by atoms with Crippen LogP contribution in [-0.2, 0) is 11.3 Å². The van der Waals surface area contributed by atoms with Gasteiger partial charge in [0.2, 0.25) is 0 Å². The molecule has 0 aliphatic carbocycles. The summed E-state index contributed by atoms with van der Waals surface area (Å²) in [4.78, 5) is 34.0. The molecule has 0 bridgehead atoms. The van der Waals surface area contributed by atoms with E-state index in [-0.39, 0.29) is 11.5 Å². The van der Waals surface area contributed by atoms with Crippen molar-refractivity contribution in [2.24, 2.45) is 0 Å². The van der Waals surface area contributed by atoms with Gasteiger partial charge in [-0.2, -0.15) is 0 Å². The number of fused-ring (bicyclic) bond motifs is 1. The average Bonchev–Trinajstić information content (AvgIpc) is 3.51. The van der Waals surface area contributed by atoms with E-state index in [1.165, 1.54) is 11.3 Å². The van der Waals surface area contributed by atoms with Crippen molar-refractivity contribution in [1.82, 2.24) is 9.47 Å². The normalized spacial score (nSPS) is 18.4.